The predicted molar refractivity (Wildman–Crippen MR) is 120 cm³/mol. The van der Waals surface area contributed by atoms with E-state index in [4.69, 9.17) is 9.47 Å². The lowest BCUT2D eigenvalue weighted by molar-refractivity contribution is 0.0935. The van der Waals surface area contributed by atoms with Crippen LogP contribution in [0.2, 0.25) is 0 Å². The molecule has 158 valence electrons. The maximum Gasteiger partial charge on any atom is 0.271 e. The van der Waals surface area contributed by atoms with Gasteiger partial charge in [-0.15, -0.1) is 11.3 Å². The predicted octanol–water partition coefficient (Wildman–Crippen LogP) is 4.50. The number of nitrogens with zero attached hydrogens (tertiary/aromatic N) is 3. The summed E-state index contributed by atoms with van der Waals surface area (Å²) >= 11 is 1.41. The van der Waals surface area contributed by atoms with Gasteiger partial charge in [0.05, 0.1) is 26.6 Å². The molecule has 0 unspecified atom stereocenters. The first-order valence-corrected chi connectivity index (χ1v) is 10.5. The van der Waals surface area contributed by atoms with Crippen molar-refractivity contribution < 1.29 is 14.3 Å². The number of carbonyl (C=O) groups is 1. The summed E-state index contributed by atoms with van der Waals surface area (Å²) in [6, 6.07) is 13.4. The average Bonchev–Trinajstić information content (AvgIpc) is 3.51. The molecule has 0 aliphatic rings. The fourth-order valence-corrected chi connectivity index (χ4v) is 3.98. The van der Waals surface area contributed by atoms with Gasteiger partial charge in [-0.25, -0.2) is 9.97 Å². The van der Waals surface area contributed by atoms with E-state index in [0.29, 0.717) is 17.2 Å². The number of amides is 1. The fourth-order valence-electron chi connectivity index (χ4n) is 3.18. The van der Waals surface area contributed by atoms with Gasteiger partial charge in [-0.3, -0.25) is 4.79 Å². The van der Waals surface area contributed by atoms with Crippen molar-refractivity contribution in [3.63, 3.8) is 0 Å². The monoisotopic (exact) mass is 434 g/mol. The second-order valence-corrected chi connectivity index (χ2v) is 7.72. The summed E-state index contributed by atoms with van der Waals surface area (Å²) in [6.45, 7) is 1.95. The molecule has 4 aromatic rings. The van der Waals surface area contributed by atoms with Crippen LogP contribution in [0.3, 0.4) is 0 Å². The van der Waals surface area contributed by atoms with Gasteiger partial charge in [0.2, 0.25) is 0 Å². The molecule has 4 rings (SSSR count). The van der Waals surface area contributed by atoms with Crippen molar-refractivity contribution in [2.75, 3.05) is 14.2 Å². The van der Waals surface area contributed by atoms with E-state index in [1.807, 2.05) is 60.2 Å². The van der Waals surface area contributed by atoms with Crippen LogP contribution in [0.1, 0.15) is 29.0 Å². The van der Waals surface area contributed by atoms with Gasteiger partial charge in [0.1, 0.15) is 10.7 Å². The molecule has 0 aliphatic carbocycles. The van der Waals surface area contributed by atoms with Crippen LogP contribution >= 0.6 is 11.3 Å². The SMILES string of the molecule is COc1ccc(-c2nc(C(=O)N[C@H](C)c3ccc(-n4ccnc4)cc3)cs2)cc1OC. The standard InChI is InChI=1S/C23H22N4O3S/c1-15(16-4-7-18(8-5-16)27-11-10-24-14-27)25-22(28)19-13-31-23(26-19)17-6-9-20(29-2)21(12-17)30-3/h4-15H,1-3H3,(H,25,28)/t15-/m1/s1. The lowest BCUT2D eigenvalue weighted by Crippen LogP contribution is -2.26. The van der Waals surface area contributed by atoms with Crippen molar-refractivity contribution >= 4 is 17.2 Å². The molecule has 0 aliphatic heterocycles. The summed E-state index contributed by atoms with van der Waals surface area (Å²) in [7, 11) is 3.18. The van der Waals surface area contributed by atoms with Crippen LogP contribution in [0.5, 0.6) is 11.5 Å². The number of hydrogen-bond donors (Lipinski definition) is 1. The van der Waals surface area contributed by atoms with Crippen LogP contribution in [0, 0.1) is 0 Å². The second kappa shape index (κ2) is 9.01. The van der Waals surface area contributed by atoms with Crippen molar-refractivity contribution in [2.45, 2.75) is 13.0 Å². The fraction of sp³-hybridized carbons (Fsp3) is 0.174. The Bertz CT molecular complexity index is 1170. The molecule has 2 heterocycles. The third kappa shape index (κ3) is 4.44. The van der Waals surface area contributed by atoms with E-state index in [0.717, 1.165) is 21.8 Å². The Labute approximate surface area is 184 Å². The number of nitrogens with one attached hydrogen (secondary N) is 1. The van der Waals surface area contributed by atoms with Crippen molar-refractivity contribution in [1.82, 2.24) is 19.9 Å². The minimum atomic E-state index is -0.214. The summed E-state index contributed by atoms with van der Waals surface area (Å²) < 4.78 is 12.6. The number of thiazole rings is 1. The smallest absolute Gasteiger partial charge is 0.271 e. The third-order valence-corrected chi connectivity index (χ3v) is 5.80. The van der Waals surface area contributed by atoms with E-state index in [1.54, 1.807) is 32.1 Å². The molecule has 0 bridgehead atoms. The first-order valence-electron chi connectivity index (χ1n) is 9.66. The third-order valence-electron chi connectivity index (χ3n) is 4.91. The minimum absolute atomic E-state index is 0.157. The number of hydrogen-bond acceptors (Lipinski definition) is 6. The zero-order valence-electron chi connectivity index (χ0n) is 17.4. The highest BCUT2D eigenvalue weighted by Gasteiger charge is 2.16. The lowest BCUT2D eigenvalue weighted by Gasteiger charge is -2.14. The van der Waals surface area contributed by atoms with Crippen LogP contribution in [-0.4, -0.2) is 34.7 Å². The molecule has 0 fully saturated rings. The van der Waals surface area contributed by atoms with Gasteiger partial charge in [0.25, 0.3) is 5.91 Å². The molecule has 0 saturated heterocycles. The summed E-state index contributed by atoms with van der Waals surface area (Å²) in [4.78, 5) is 21.3. The topological polar surface area (TPSA) is 78.3 Å². The second-order valence-electron chi connectivity index (χ2n) is 6.86. The van der Waals surface area contributed by atoms with E-state index < -0.39 is 0 Å². The van der Waals surface area contributed by atoms with E-state index in [-0.39, 0.29) is 11.9 Å². The lowest BCUT2D eigenvalue weighted by atomic mass is 10.1. The van der Waals surface area contributed by atoms with Gasteiger partial charge in [-0.05, 0) is 42.8 Å². The van der Waals surface area contributed by atoms with Crippen molar-refractivity contribution in [2.24, 2.45) is 0 Å². The average molecular weight is 435 g/mol. The van der Waals surface area contributed by atoms with Crippen molar-refractivity contribution in [3.05, 3.63) is 77.8 Å². The highest BCUT2D eigenvalue weighted by molar-refractivity contribution is 7.13. The molecule has 31 heavy (non-hydrogen) atoms. The molecule has 2 aromatic carbocycles. The van der Waals surface area contributed by atoms with E-state index >= 15 is 0 Å². The molecule has 7 nitrogen and oxygen atoms in total. The molecule has 0 radical (unpaired) electrons. The summed E-state index contributed by atoms with van der Waals surface area (Å²) in [5, 5.41) is 5.51. The molecule has 1 atom stereocenters. The maximum absolute atomic E-state index is 12.7. The molecular formula is C23H22N4O3S. The Hall–Kier alpha value is -3.65. The molecular weight excluding hydrogens is 412 g/mol. The summed E-state index contributed by atoms with van der Waals surface area (Å²) in [6.07, 6.45) is 5.37. The van der Waals surface area contributed by atoms with Crippen LogP contribution < -0.4 is 14.8 Å². The van der Waals surface area contributed by atoms with Gasteiger partial charge in [0.15, 0.2) is 11.5 Å². The van der Waals surface area contributed by atoms with Crippen LogP contribution in [0.25, 0.3) is 16.3 Å². The molecule has 1 amide bonds. The minimum Gasteiger partial charge on any atom is -0.493 e. The Morgan fingerprint density at radius 1 is 1.10 bits per heavy atom. The van der Waals surface area contributed by atoms with Gasteiger partial charge < -0.3 is 19.4 Å². The van der Waals surface area contributed by atoms with Gasteiger partial charge >= 0.3 is 0 Å². The van der Waals surface area contributed by atoms with Gasteiger partial charge in [-0.2, -0.15) is 0 Å². The van der Waals surface area contributed by atoms with Gasteiger partial charge in [-0.1, -0.05) is 12.1 Å². The first-order chi connectivity index (χ1) is 15.1. The molecule has 1 N–H and O–H groups in total. The molecule has 0 saturated carbocycles. The molecule has 2 aromatic heterocycles. The number of ether oxygens (including phenoxy) is 2. The number of rotatable bonds is 7. The van der Waals surface area contributed by atoms with Crippen molar-refractivity contribution in [3.8, 4) is 27.8 Å². The first kappa shape index (κ1) is 20.6. The summed E-state index contributed by atoms with van der Waals surface area (Å²) in [5.41, 5.74) is 3.27. The highest BCUT2D eigenvalue weighted by Crippen LogP contribution is 2.33. The quantitative estimate of drug-likeness (QED) is 0.463. The Kier molecular flexibility index (Phi) is 5.99. The van der Waals surface area contributed by atoms with Crippen LogP contribution in [0.15, 0.2) is 66.6 Å². The molecule has 0 spiro atoms. The maximum atomic E-state index is 12.7. The van der Waals surface area contributed by atoms with E-state index in [1.165, 1.54) is 11.3 Å². The van der Waals surface area contributed by atoms with Crippen LogP contribution in [-0.2, 0) is 0 Å². The largest absolute Gasteiger partial charge is 0.493 e. The zero-order valence-corrected chi connectivity index (χ0v) is 18.2. The zero-order chi connectivity index (χ0) is 21.8. The summed E-state index contributed by atoms with van der Waals surface area (Å²) in [5.74, 6) is 1.05. The number of aromatic nitrogens is 3. The number of benzene rings is 2. The van der Waals surface area contributed by atoms with Crippen LogP contribution in [0.4, 0.5) is 0 Å². The highest BCUT2D eigenvalue weighted by atomic mass is 32.1. The normalized spacial score (nSPS) is 11.7. The number of carbonyl (C=O) groups excluding carboxylic acids is 1. The Balaban J connectivity index is 1.45. The Morgan fingerprint density at radius 3 is 2.55 bits per heavy atom. The number of imidazole rings is 1. The Morgan fingerprint density at radius 2 is 1.87 bits per heavy atom. The molecule has 8 heteroatoms. The van der Waals surface area contributed by atoms with E-state index in [2.05, 4.69) is 15.3 Å². The van der Waals surface area contributed by atoms with E-state index in [9.17, 15) is 4.79 Å². The number of methoxy groups -OCH3 is 2. The van der Waals surface area contributed by atoms with Gasteiger partial charge in [0, 0.05) is 29.0 Å². The van der Waals surface area contributed by atoms with Crippen molar-refractivity contribution in [1.29, 1.82) is 0 Å².